The van der Waals surface area contributed by atoms with Gasteiger partial charge in [-0.25, -0.2) is 5.06 Å². The fraction of sp³-hybridized carbons (Fsp3) is 0.182. The molecule has 1 atom stereocenters. The molecule has 6 heteroatoms. The molecule has 1 fully saturated rings. The zero-order valence-electron chi connectivity index (χ0n) is 15.2. The minimum atomic E-state index is -0.370. The highest BCUT2D eigenvalue weighted by Crippen LogP contribution is 2.32. The van der Waals surface area contributed by atoms with Gasteiger partial charge in [-0.3, -0.25) is 9.63 Å². The van der Waals surface area contributed by atoms with Crippen molar-refractivity contribution in [2.24, 2.45) is 5.16 Å². The molecule has 0 radical (unpaired) electrons. The summed E-state index contributed by atoms with van der Waals surface area (Å²) in [5, 5.41) is 5.40. The summed E-state index contributed by atoms with van der Waals surface area (Å²) in [6.07, 6.45) is 1.94. The Morgan fingerprint density at radius 3 is 2.25 bits per heavy atom. The Bertz CT molecular complexity index is 924. The number of furan rings is 1. The third-order valence-electron chi connectivity index (χ3n) is 4.45. The number of carbonyl (C=O) groups excluding carboxylic acids is 1. The Morgan fingerprint density at radius 2 is 1.61 bits per heavy atom. The molecule has 4 rings (SSSR count). The van der Waals surface area contributed by atoms with Crippen LogP contribution in [0, 0.1) is 0 Å². The highest BCUT2D eigenvalue weighted by molar-refractivity contribution is 6.40. The van der Waals surface area contributed by atoms with Crippen LogP contribution in [0.25, 0.3) is 0 Å². The van der Waals surface area contributed by atoms with Crippen LogP contribution in [0.15, 0.2) is 88.6 Å². The van der Waals surface area contributed by atoms with Gasteiger partial charge in [-0.05, 0) is 23.3 Å². The second-order valence-electron chi connectivity index (χ2n) is 6.42. The Kier molecular flexibility index (Phi) is 5.49. The first-order valence-electron chi connectivity index (χ1n) is 9.08. The maximum atomic E-state index is 12.8. The van der Waals surface area contributed by atoms with Crippen LogP contribution in [0.4, 0.5) is 0 Å². The van der Waals surface area contributed by atoms with E-state index in [9.17, 15) is 4.79 Å². The van der Waals surface area contributed by atoms with E-state index in [-0.39, 0.29) is 18.6 Å². The molecule has 142 valence electrons. The fourth-order valence-corrected chi connectivity index (χ4v) is 3.02. The van der Waals surface area contributed by atoms with Crippen LogP contribution < -0.4 is 0 Å². The average Bonchev–Trinajstić information content (AvgIpc) is 3.37. The van der Waals surface area contributed by atoms with Crippen molar-refractivity contribution in [2.45, 2.75) is 25.7 Å². The second-order valence-corrected chi connectivity index (χ2v) is 6.42. The van der Waals surface area contributed by atoms with Crippen LogP contribution in [0.1, 0.15) is 29.3 Å². The normalized spacial score (nSPS) is 18.0. The number of amides is 1. The van der Waals surface area contributed by atoms with Gasteiger partial charge in [0.1, 0.15) is 30.7 Å². The van der Waals surface area contributed by atoms with Gasteiger partial charge >= 0.3 is 0 Å². The van der Waals surface area contributed by atoms with E-state index < -0.39 is 0 Å². The monoisotopic (exact) mass is 376 g/mol. The van der Waals surface area contributed by atoms with Gasteiger partial charge in [-0.1, -0.05) is 65.8 Å². The fourth-order valence-electron chi connectivity index (χ4n) is 3.02. The SMILES string of the molecule is O=C1/C(=N\OCc2ccccc2)CC(c2ccco2)N1OCc1ccccc1. The number of hydroxylamine groups is 2. The lowest BCUT2D eigenvalue weighted by Crippen LogP contribution is -2.29. The number of oxime groups is 1. The molecule has 1 aliphatic rings. The van der Waals surface area contributed by atoms with Gasteiger partial charge in [0.25, 0.3) is 5.91 Å². The first-order chi connectivity index (χ1) is 13.8. The number of rotatable bonds is 7. The smallest absolute Gasteiger partial charge is 0.296 e. The molecule has 0 saturated carbocycles. The van der Waals surface area contributed by atoms with Crippen molar-refractivity contribution >= 4 is 11.6 Å². The summed E-state index contributed by atoms with van der Waals surface area (Å²) in [5.74, 6) is 0.333. The van der Waals surface area contributed by atoms with Gasteiger partial charge in [-0.2, -0.15) is 0 Å². The molecular weight excluding hydrogens is 356 g/mol. The molecule has 1 amide bonds. The molecule has 2 heterocycles. The van der Waals surface area contributed by atoms with Crippen LogP contribution in [0.2, 0.25) is 0 Å². The maximum Gasteiger partial charge on any atom is 0.296 e. The van der Waals surface area contributed by atoms with Gasteiger partial charge in [0.15, 0.2) is 0 Å². The molecular formula is C22H20N2O4. The summed E-state index contributed by atoms with van der Waals surface area (Å²) in [7, 11) is 0. The van der Waals surface area contributed by atoms with Crippen molar-refractivity contribution in [1.29, 1.82) is 0 Å². The minimum Gasteiger partial charge on any atom is -0.467 e. The van der Waals surface area contributed by atoms with Crippen molar-refractivity contribution in [3.63, 3.8) is 0 Å². The number of benzene rings is 2. The van der Waals surface area contributed by atoms with Gasteiger partial charge in [0, 0.05) is 6.42 Å². The van der Waals surface area contributed by atoms with Crippen LogP contribution in [0.3, 0.4) is 0 Å². The van der Waals surface area contributed by atoms with Crippen LogP contribution in [-0.4, -0.2) is 16.7 Å². The summed E-state index contributed by atoms with van der Waals surface area (Å²) in [6.45, 7) is 0.579. The summed E-state index contributed by atoms with van der Waals surface area (Å²) < 4.78 is 5.50. The Labute approximate surface area is 162 Å². The predicted molar refractivity (Wildman–Crippen MR) is 103 cm³/mol. The van der Waals surface area contributed by atoms with Gasteiger partial charge in [-0.15, -0.1) is 0 Å². The second kappa shape index (κ2) is 8.54. The standard InChI is InChI=1S/C22H20N2O4/c25-22-19(23-27-15-17-8-3-1-4-9-17)14-20(21-12-7-13-26-21)24(22)28-16-18-10-5-2-6-11-18/h1-13,20H,14-16H2/b23-19-. The third kappa shape index (κ3) is 4.13. The zero-order valence-corrected chi connectivity index (χ0v) is 15.2. The molecule has 0 spiro atoms. The largest absolute Gasteiger partial charge is 0.467 e. The maximum absolute atomic E-state index is 12.8. The number of nitrogens with zero attached hydrogens (tertiary/aromatic N) is 2. The molecule has 1 aliphatic heterocycles. The summed E-state index contributed by atoms with van der Waals surface area (Å²) in [5.41, 5.74) is 2.27. The molecule has 1 unspecified atom stereocenters. The van der Waals surface area contributed by atoms with Crippen molar-refractivity contribution < 1.29 is 18.9 Å². The van der Waals surface area contributed by atoms with Crippen LogP contribution in [-0.2, 0) is 27.7 Å². The van der Waals surface area contributed by atoms with E-state index in [2.05, 4.69) is 5.16 Å². The lowest BCUT2D eigenvalue weighted by atomic mass is 10.1. The Morgan fingerprint density at radius 1 is 0.929 bits per heavy atom. The molecule has 3 aromatic rings. The highest BCUT2D eigenvalue weighted by Gasteiger charge is 2.41. The molecule has 0 bridgehead atoms. The van der Waals surface area contributed by atoms with Crippen molar-refractivity contribution in [3.05, 3.63) is 95.9 Å². The first kappa shape index (κ1) is 18.0. The van der Waals surface area contributed by atoms with Crippen LogP contribution in [0.5, 0.6) is 0 Å². The summed E-state index contributed by atoms with van der Waals surface area (Å²) >= 11 is 0. The molecule has 6 nitrogen and oxygen atoms in total. The minimum absolute atomic E-state index is 0.280. The third-order valence-corrected chi connectivity index (χ3v) is 4.45. The van der Waals surface area contributed by atoms with Gasteiger partial charge < -0.3 is 9.25 Å². The van der Waals surface area contributed by atoms with E-state index in [4.69, 9.17) is 14.1 Å². The number of carbonyl (C=O) groups is 1. The van der Waals surface area contributed by atoms with Crippen molar-refractivity contribution in [2.75, 3.05) is 0 Å². The summed E-state index contributed by atoms with van der Waals surface area (Å²) in [4.78, 5) is 24.0. The van der Waals surface area contributed by atoms with E-state index in [1.165, 1.54) is 5.06 Å². The topological polar surface area (TPSA) is 64.3 Å². The number of hydrogen-bond donors (Lipinski definition) is 0. The van der Waals surface area contributed by atoms with E-state index >= 15 is 0 Å². The molecule has 1 saturated heterocycles. The number of hydrogen-bond acceptors (Lipinski definition) is 5. The summed E-state index contributed by atoms with van der Waals surface area (Å²) in [6, 6.07) is 22.6. The Balaban J connectivity index is 1.46. The lowest BCUT2D eigenvalue weighted by molar-refractivity contribution is -0.195. The first-order valence-corrected chi connectivity index (χ1v) is 9.08. The predicted octanol–water partition coefficient (Wildman–Crippen LogP) is 4.26. The molecule has 0 aliphatic carbocycles. The van der Waals surface area contributed by atoms with Gasteiger partial charge in [0.2, 0.25) is 0 Å². The van der Waals surface area contributed by atoms with E-state index in [1.54, 1.807) is 12.3 Å². The molecule has 2 aromatic carbocycles. The molecule has 28 heavy (non-hydrogen) atoms. The molecule has 0 N–H and O–H groups in total. The molecule has 1 aromatic heterocycles. The lowest BCUT2D eigenvalue weighted by Gasteiger charge is -2.21. The van der Waals surface area contributed by atoms with E-state index in [0.717, 1.165) is 11.1 Å². The zero-order chi connectivity index (χ0) is 19.2. The van der Waals surface area contributed by atoms with E-state index in [0.29, 0.717) is 24.5 Å². The quantitative estimate of drug-likeness (QED) is 0.578. The average molecular weight is 376 g/mol. The van der Waals surface area contributed by atoms with Gasteiger partial charge in [0.05, 0.1) is 6.26 Å². The van der Waals surface area contributed by atoms with Crippen molar-refractivity contribution in [1.82, 2.24) is 5.06 Å². The van der Waals surface area contributed by atoms with Crippen molar-refractivity contribution in [3.8, 4) is 0 Å². The van der Waals surface area contributed by atoms with E-state index in [1.807, 2.05) is 66.7 Å². The highest BCUT2D eigenvalue weighted by atomic mass is 16.7. The Hall–Kier alpha value is -3.38. The van der Waals surface area contributed by atoms with Crippen LogP contribution >= 0.6 is 0 Å².